The van der Waals surface area contributed by atoms with Crippen molar-refractivity contribution in [2.24, 2.45) is 5.73 Å². The van der Waals surface area contributed by atoms with Crippen LogP contribution in [0.5, 0.6) is 0 Å². The first-order chi connectivity index (χ1) is 5.69. The van der Waals surface area contributed by atoms with Crippen molar-refractivity contribution < 1.29 is 13.9 Å². The normalized spacial score (nSPS) is 9.92. The van der Waals surface area contributed by atoms with Crippen LogP contribution in [0.25, 0.3) is 0 Å². The molecule has 4 nitrogen and oxygen atoms in total. The third kappa shape index (κ3) is 1.67. The van der Waals surface area contributed by atoms with Crippen molar-refractivity contribution in [2.45, 2.75) is 6.54 Å². The molecule has 0 saturated heterocycles. The summed E-state index contributed by atoms with van der Waals surface area (Å²) >= 11 is 3.09. The van der Waals surface area contributed by atoms with Gasteiger partial charge in [-0.25, -0.2) is 4.79 Å². The number of halogens is 1. The third-order valence-corrected chi connectivity index (χ3v) is 1.76. The fraction of sp³-hybridized carbons (Fsp3) is 0.286. The van der Waals surface area contributed by atoms with E-state index in [2.05, 4.69) is 20.7 Å². The van der Waals surface area contributed by atoms with Crippen LogP contribution < -0.4 is 5.73 Å². The maximum absolute atomic E-state index is 11.0. The summed E-state index contributed by atoms with van der Waals surface area (Å²) in [5, 5.41) is 0. The number of hydrogen-bond acceptors (Lipinski definition) is 4. The van der Waals surface area contributed by atoms with E-state index < -0.39 is 5.97 Å². The largest absolute Gasteiger partial charge is 0.463 e. The second kappa shape index (κ2) is 3.73. The molecule has 0 atom stereocenters. The van der Waals surface area contributed by atoms with Gasteiger partial charge in [0.2, 0.25) is 5.76 Å². The smallest absolute Gasteiger partial charge is 0.374 e. The summed E-state index contributed by atoms with van der Waals surface area (Å²) in [7, 11) is 1.29. The van der Waals surface area contributed by atoms with Gasteiger partial charge in [-0.3, -0.25) is 0 Å². The predicted molar refractivity (Wildman–Crippen MR) is 45.6 cm³/mol. The van der Waals surface area contributed by atoms with Gasteiger partial charge in [0, 0.05) is 12.1 Å². The topological polar surface area (TPSA) is 65.5 Å². The van der Waals surface area contributed by atoms with Crippen LogP contribution in [0.4, 0.5) is 0 Å². The van der Waals surface area contributed by atoms with E-state index in [0.717, 1.165) is 0 Å². The molecule has 0 fully saturated rings. The quantitative estimate of drug-likeness (QED) is 0.783. The number of hydrogen-bond donors (Lipinski definition) is 1. The van der Waals surface area contributed by atoms with E-state index in [9.17, 15) is 4.79 Å². The summed E-state index contributed by atoms with van der Waals surface area (Å²) in [5.74, 6) is -0.354. The average molecular weight is 234 g/mol. The Morgan fingerprint density at radius 1 is 1.83 bits per heavy atom. The lowest BCUT2D eigenvalue weighted by molar-refractivity contribution is 0.0562. The minimum absolute atomic E-state index is 0.159. The maximum atomic E-state index is 11.0. The molecule has 0 unspecified atom stereocenters. The number of rotatable bonds is 2. The standard InChI is InChI=1S/C7H8BrNO3/c1-11-7(10)6-4(3-9)2-5(8)12-6/h2H,3,9H2,1H3. The number of ether oxygens (including phenoxy) is 1. The van der Waals surface area contributed by atoms with Crippen molar-refractivity contribution in [1.29, 1.82) is 0 Å². The van der Waals surface area contributed by atoms with E-state index in [4.69, 9.17) is 10.2 Å². The summed E-state index contributed by atoms with van der Waals surface area (Å²) < 4.78 is 9.98. The number of carbonyl (C=O) groups is 1. The number of carbonyl (C=O) groups excluding carboxylic acids is 1. The first-order valence-corrected chi connectivity index (χ1v) is 4.05. The fourth-order valence-corrected chi connectivity index (χ4v) is 1.25. The number of furan rings is 1. The molecule has 1 aromatic heterocycles. The minimum atomic E-state index is -0.513. The Bertz CT molecular complexity index is 295. The van der Waals surface area contributed by atoms with Crippen LogP contribution in [0.3, 0.4) is 0 Å². The van der Waals surface area contributed by atoms with E-state index in [-0.39, 0.29) is 12.3 Å². The molecule has 0 aliphatic heterocycles. The van der Waals surface area contributed by atoms with Crippen molar-refractivity contribution >= 4 is 21.9 Å². The van der Waals surface area contributed by atoms with Crippen molar-refractivity contribution in [1.82, 2.24) is 0 Å². The van der Waals surface area contributed by atoms with Gasteiger partial charge in [-0.15, -0.1) is 0 Å². The molecule has 12 heavy (non-hydrogen) atoms. The van der Waals surface area contributed by atoms with Gasteiger partial charge >= 0.3 is 5.97 Å². The Hall–Kier alpha value is -0.810. The first-order valence-electron chi connectivity index (χ1n) is 3.25. The Balaban J connectivity index is 3.04. The Kier molecular flexibility index (Phi) is 2.88. The molecular formula is C7H8BrNO3. The van der Waals surface area contributed by atoms with Gasteiger partial charge in [-0.2, -0.15) is 0 Å². The molecule has 66 valence electrons. The van der Waals surface area contributed by atoms with Crippen LogP contribution in [-0.2, 0) is 11.3 Å². The van der Waals surface area contributed by atoms with Crippen LogP contribution in [0, 0.1) is 0 Å². The molecule has 0 amide bonds. The zero-order valence-electron chi connectivity index (χ0n) is 6.46. The van der Waals surface area contributed by atoms with Crippen molar-refractivity contribution in [2.75, 3.05) is 7.11 Å². The molecule has 5 heteroatoms. The highest BCUT2D eigenvalue weighted by Gasteiger charge is 2.16. The summed E-state index contributed by atoms with van der Waals surface area (Å²) in [6, 6.07) is 1.65. The predicted octanol–water partition coefficient (Wildman–Crippen LogP) is 1.29. The van der Waals surface area contributed by atoms with Gasteiger partial charge in [0.15, 0.2) is 4.67 Å². The summed E-state index contributed by atoms with van der Waals surface area (Å²) in [5.41, 5.74) is 6.00. The lowest BCUT2D eigenvalue weighted by Gasteiger charge is -1.95. The zero-order chi connectivity index (χ0) is 9.14. The van der Waals surface area contributed by atoms with Crippen LogP contribution in [0.15, 0.2) is 15.2 Å². The van der Waals surface area contributed by atoms with Crippen molar-refractivity contribution in [3.8, 4) is 0 Å². The highest BCUT2D eigenvalue weighted by atomic mass is 79.9. The summed E-state index contributed by atoms with van der Waals surface area (Å²) in [4.78, 5) is 11.0. The Labute approximate surface area is 77.8 Å². The van der Waals surface area contributed by atoms with Gasteiger partial charge in [0.05, 0.1) is 7.11 Å². The van der Waals surface area contributed by atoms with Crippen LogP contribution in [0.1, 0.15) is 16.1 Å². The molecule has 0 radical (unpaired) electrons. The SMILES string of the molecule is COC(=O)c1oc(Br)cc1CN. The molecule has 0 saturated carbocycles. The van der Waals surface area contributed by atoms with Crippen molar-refractivity contribution in [3.63, 3.8) is 0 Å². The van der Waals surface area contributed by atoms with Gasteiger partial charge in [-0.05, 0) is 22.0 Å². The van der Waals surface area contributed by atoms with E-state index in [1.807, 2.05) is 0 Å². The molecule has 0 bridgehead atoms. The molecule has 0 aromatic carbocycles. The highest BCUT2D eigenvalue weighted by Crippen LogP contribution is 2.20. The van der Waals surface area contributed by atoms with E-state index in [1.165, 1.54) is 7.11 Å². The minimum Gasteiger partial charge on any atom is -0.463 e. The molecule has 2 N–H and O–H groups in total. The van der Waals surface area contributed by atoms with Crippen LogP contribution in [-0.4, -0.2) is 13.1 Å². The number of methoxy groups -OCH3 is 1. The molecule has 0 aliphatic carbocycles. The lowest BCUT2D eigenvalue weighted by atomic mass is 10.2. The molecular weight excluding hydrogens is 226 g/mol. The van der Waals surface area contributed by atoms with Gasteiger partial charge in [0.1, 0.15) is 0 Å². The highest BCUT2D eigenvalue weighted by molar-refractivity contribution is 9.10. The average Bonchev–Trinajstić information content (AvgIpc) is 2.45. The third-order valence-electron chi connectivity index (χ3n) is 1.37. The Morgan fingerprint density at radius 2 is 2.50 bits per heavy atom. The maximum Gasteiger partial charge on any atom is 0.374 e. The van der Waals surface area contributed by atoms with Crippen molar-refractivity contribution in [3.05, 3.63) is 22.1 Å². The van der Waals surface area contributed by atoms with Gasteiger partial charge in [-0.1, -0.05) is 0 Å². The molecule has 1 rings (SSSR count). The zero-order valence-corrected chi connectivity index (χ0v) is 8.05. The second-order valence-electron chi connectivity index (χ2n) is 2.10. The Morgan fingerprint density at radius 3 is 3.00 bits per heavy atom. The summed E-state index contributed by atoms with van der Waals surface area (Å²) in [6.45, 7) is 0.250. The molecule has 0 aliphatic rings. The first kappa shape index (κ1) is 9.28. The van der Waals surface area contributed by atoms with Crippen LogP contribution >= 0.6 is 15.9 Å². The molecule has 1 aromatic rings. The van der Waals surface area contributed by atoms with Gasteiger partial charge in [0.25, 0.3) is 0 Å². The molecule has 0 spiro atoms. The van der Waals surface area contributed by atoms with Gasteiger partial charge < -0.3 is 14.9 Å². The summed E-state index contributed by atoms with van der Waals surface area (Å²) in [6.07, 6.45) is 0. The second-order valence-corrected chi connectivity index (χ2v) is 2.88. The fourth-order valence-electron chi connectivity index (χ4n) is 0.812. The number of nitrogens with two attached hydrogens (primary N) is 1. The monoisotopic (exact) mass is 233 g/mol. The molecule has 1 heterocycles. The van der Waals surface area contributed by atoms with E-state index in [0.29, 0.717) is 10.2 Å². The van der Waals surface area contributed by atoms with E-state index in [1.54, 1.807) is 6.07 Å². The number of esters is 1. The lowest BCUT2D eigenvalue weighted by Crippen LogP contribution is -2.05. The van der Waals surface area contributed by atoms with Crippen LogP contribution in [0.2, 0.25) is 0 Å². The van der Waals surface area contributed by atoms with E-state index >= 15 is 0 Å².